The molecule has 6 heteroatoms. The van der Waals surface area contributed by atoms with Crippen LogP contribution in [0.2, 0.25) is 5.02 Å². The minimum Gasteiger partial charge on any atom is -0.322 e. The molecule has 0 saturated heterocycles. The third-order valence-electron chi connectivity index (χ3n) is 4.64. The Kier molecular flexibility index (Phi) is 4.29. The van der Waals surface area contributed by atoms with E-state index in [0.717, 1.165) is 18.2 Å². The highest BCUT2D eigenvalue weighted by Gasteiger charge is 2.19. The van der Waals surface area contributed by atoms with Crippen LogP contribution >= 0.6 is 11.6 Å². The summed E-state index contributed by atoms with van der Waals surface area (Å²) in [6, 6.07) is 18.3. The number of hydrogen-bond donors (Lipinski definition) is 1. The molecular formula is C21H16ClNO3S. The first-order valence-electron chi connectivity index (χ1n) is 8.35. The van der Waals surface area contributed by atoms with Gasteiger partial charge in [-0.15, -0.1) is 0 Å². The summed E-state index contributed by atoms with van der Waals surface area (Å²) in [5.74, 6) is -0.382. The summed E-state index contributed by atoms with van der Waals surface area (Å²) in [6.07, 6.45) is 1.89. The summed E-state index contributed by atoms with van der Waals surface area (Å²) in [5, 5.41) is 2.94. The molecule has 3 aromatic carbocycles. The Bertz CT molecular complexity index is 1190. The van der Waals surface area contributed by atoms with Crippen molar-refractivity contribution in [3.05, 3.63) is 82.4 Å². The minimum absolute atomic E-state index is 0.0544. The molecule has 0 aliphatic heterocycles. The molecule has 0 bridgehead atoms. The summed E-state index contributed by atoms with van der Waals surface area (Å²) in [5.41, 5.74) is 5.73. The van der Waals surface area contributed by atoms with Crippen molar-refractivity contribution in [2.75, 3.05) is 11.6 Å². The highest BCUT2D eigenvalue weighted by molar-refractivity contribution is 7.90. The molecule has 1 N–H and O–H groups in total. The van der Waals surface area contributed by atoms with Crippen LogP contribution in [-0.4, -0.2) is 20.6 Å². The maximum absolute atomic E-state index is 12.6. The van der Waals surface area contributed by atoms with Crippen molar-refractivity contribution in [1.82, 2.24) is 0 Å². The second-order valence-corrected chi connectivity index (χ2v) is 8.97. The first-order chi connectivity index (χ1) is 12.8. The van der Waals surface area contributed by atoms with Gasteiger partial charge in [0.2, 0.25) is 0 Å². The van der Waals surface area contributed by atoms with Crippen molar-refractivity contribution < 1.29 is 13.2 Å². The van der Waals surface area contributed by atoms with E-state index in [1.165, 1.54) is 34.9 Å². The lowest BCUT2D eigenvalue weighted by Crippen LogP contribution is -2.13. The van der Waals surface area contributed by atoms with E-state index in [9.17, 15) is 13.2 Å². The van der Waals surface area contributed by atoms with Gasteiger partial charge in [0.05, 0.1) is 9.92 Å². The van der Waals surface area contributed by atoms with Crippen LogP contribution < -0.4 is 5.32 Å². The third-order valence-corrected chi connectivity index (χ3v) is 6.22. The van der Waals surface area contributed by atoms with E-state index in [4.69, 9.17) is 11.6 Å². The number of anilines is 1. The number of fused-ring (bicyclic) bond motifs is 3. The first-order valence-corrected chi connectivity index (χ1v) is 10.6. The largest absolute Gasteiger partial charge is 0.322 e. The number of halogens is 1. The lowest BCUT2D eigenvalue weighted by atomic mass is 10.1. The first kappa shape index (κ1) is 17.8. The highest BCUT2D eigenvalue weighted by Crippen LogP contribution is 2.37. The Balaban J connectivity index is 1.61. The highest BCUT2D eigenvalue weighted by atomic mass is 35.5. The Morgan fingerprint density at radius 3 is 2.48 bits per heavy atom. The van der Waals surface area contributed by atoms with Crippen molar-refractivity contribution in [2.45, 2.75) is 11.3 Å². The number of amides is 1. The number of hydrogen-bond acceptors (Lipinski definition) is 3. The molecule has 0 radical (unpaired) electrons. The van der Waals surface area contributed by atoms with Crippen LogP contribution in [0, 0.1) is 0 Å². The lowest BCUT2D eigenvalue weighted by Gasteiger charge is -2.09. The molecule has 136 valence electrons. The summed E-state index contributed by atoms with van der Waals surface area (Å²) in [6.45, 7) is 0. The van der Waals surface area contributed by atoms with E-state index < -0.39 is 9.84 Å². The zero-order chi connectivity index (χ0) is 19.2. The van der Waals surface area contributed by atoms with E-state index in [1.807, 2.05) is 30.3 Å². The SMILES string of the molecule is CS(=O)(=O)c1cc(C(=O)Nc2ccc3c(c2)Cc2ccccc2-3)ccc1Cl. The van der Waals surface area contributed by atoms with Crippen molar-refractivity contribution in [3.8, 4) is 11.1 Å². The minimum atomic E-state index is -3.51. The van der Waals surface area contributed by atoms with Crippen LogP contribution in [0.4, 0.5) is 5.69 Å². The van der Waals surface area contributed by atoms with Crippen molar-refractivity contribution >= 4 is 33.0 Å². The zero-order valence-electron chi connectivity index (χ0n) is 14.5. The number of sulfone groups is 1. The Hall–Kier alpha value is -2.63. The number of carbonyl (C=O) groups excluding carboxylic acids is 1. The standard InChI is InChI=1S/C21H16ClNO3S/c1-27(25,26)20-12-14(6-9-19(20)22)21(24)23-16-7-8-18-15(11-16)10-13-4-2-3-5-17(13)18/h2-9,11-12H,10H2,1H3,(H,23,24). The quantitative estimate of drug-likeness (QED) is 0.551. The van der Waals surface area contributed by atoms with E-state index in [2.05, 4.69) is 17.4 Å². The number of nitrogens with one attached hydrogen (secondary N) is 1. The van der Waals surface area contributed by atoms with Crippen LogP contribution in [0.5, 0.6) is 0 Å². The Labute approximate surface area is 162 Å². The van der Waals surface area contributed by atoms with Crippen LogP contribution in [0.1, 0.15) is 21.5 Å². The van der Waals surface area contributed by atoms with E-state index in [1.54, 1.807) is 0 Å². The van der Waals surface area contributed by atoms with Crippen LogP contribution in [-0.2, 0) is 16.3 Å². The monoisotopic (exact) mass is 397 g/mol. The molecule has 0 heterocycles. The van der Waals surface area contributed by atoms with E-state index >= 15 is 0 Å². The lowest BCUT2D eigenvalue weighted by molar-refractivity contribution is 0.102. The van der Waals surface area contributed by atoms with Gasteiger partial charge in [-0.05, 0) is 59.0 Å². The molecule has 0 spiro atoms. The van der Waals surface area contributed by atoms with Crippen LogP contribution in [0.15, 0.2) is 65.6 Å². The molecule has 0 saturated carbocycles. The Morgan fingerprint density at radius 2 is 1.70 bits per heavy atom. The maximum Gasteiger partial charge on any atom is 0.255 e. The molecular weight excluding hydrogens is 382 g/mol. The van der Waals surface area contributed by atoms with Crippen molar-refractivity contribution in [2.24, 2.45) is 0 Å². The summed E-state index contributed by atoms with van der Waals surface area (Å²) in [4.78, 5) is 12.5. The van der Waals surface area contributed by atoms with Gasteiger partial charge in [-0.3, -0.25) is 4.79 Å². The zero-order valence-corrected chi connectivity index (χ0v) is 16.1. The fourth-order valence-electron chi connectivity index (χ4n) is 3.35. The molecule has 0 atom stereocenters. The van der Waals surface area contributed by atoms with Crippen LogP contribution in [0.25, 0.3) is 11.1 Å². The van der Waals surface area contributed by atoms with Gasteiger partial charge < -0.3 is 5.32 Å². The molecule has 1 amide bonds. The van der Waals surface area contributed by atoms with Gasteiger partial charge in [0, 0.05) is 17.5 Å². The molecule has 0 aromatic heterocycles. The normalized spacial score (nSPS) is 12.4. The van der Waals surface area contributed by atoms with E-state index in [0.29, 0.717) is 5.69 Å². The van der Waals surface area contributed by atoms with Crippen molar-refractivity contribution in [3.63, 3.8) is 0 Å². The molecule has 1 aliphatic rings. The van der Waals surface area contributed by atoms with E-state index in [-0.39, 0.29) is 21.4 Å². The maximum atomic E-state index is 12.6. The summed E-state index contributed by atoms with van der Waals surface area (Å²) >= 11 is 5.94. The molecule has 4 nitrogen and oxygen atoms in total. The van der Waals surface area contributed by atoms with Crippen molar-refractivity contribution in [1.29, 1.82) is 0 Å². The molecule has 4 rings (SSSR count). The average Bonchev–Trinajstić information content (AvgIpc) is 2.98. The smallest absolute Gasteiger partial charge is 0.255 e. The Morgan fingerprint density at radius 1 is 0.963 bits per heavy atom. The molecule has 1 aliphatic carbocycles. The topological polar surface area (TPSA) is 63.2 Å². The second kappa shape index (κ2) is 6.51. The number of carbonyl (C=O) groups is 1. The average molecular weight is 398 g/mol. The van der Waals surface area contributed by atoms with Gasteiger partial charge in [0.15, 0.2) is 9.84 Å². The van der Waals surface area contributed by atoms with Gasteiger partial charge in [0.25, 0.3) is 5.91 Å². The summed E-state index contributed by atoms with van der Waals surface area (Å²) < 4.78 is 23.6. The molecule has 0 unspecified atom stereocenters. The molecule has 0 fully saturated rings. The summed E-state index contributed by atoms with van der Waals surface area (Å²) in [7, 11) is -3.51. The second-order valence-electron chi connectivity index (χ2n) is 6.58. The fourth-order valence-corrected chi connectivity index (χ4v) is 4.66. The fraction of sp³-hybridized carbons (Fsp3) is 0.0952. The van der Waals surface area contributed by atoms with Crippen LogP contribution in [0.3, 0.4) is 0 Å². The predicted octanol–water partition coefficient (Wildman–Crippen LogP) is 4.57. The van der Waals surface area contributed by atoms with Gasteiger partial charge >= 0.3 is 0 Å². The molecule has 3 aromatic rings. The predicted molar refractivity (Wildman–Crippen MR) is 107 cm³/mol. The van der Waals surface area contributed by atoms with Gasteiger partial charge in [-0.25, -0.2) is 8.42 Å². The van der Waals surface area contributed by atoms with Gasteiger partial charge in [0.1, 0.15) is 0 Å². The molecule has 27 heavy (non-hydrogen) atoms. The van der Waals surface area contributed by atoms with Gasteiger partial charge in [-0.2, -0.15) is 0 Å². The third kappa shape index (κ3) is 3.36. The number of rotatable bonds is 3. The van der Waals surface area contributed by atoms with Gasteiger partial charge in [-0.1, -0.05) is 41.9 Å². The number of benzene rings is 3.